The normalized spacial score (nSPS) is 41.1. The number of hydrogen-bond acceptors (Lipinski definition) is 2. The Morgan fingerprint density at radius 3 is 2.23 bits per heavy atom. The van der Waals surface area contributed by atoms with Gasteiger partial charge in [-0.25, -0.2) is 0 Å². The molecule has 0 amide bonds. The van der Waals surface area contributed by atoms with Gasteiger partial charge >= 0.3 is 5.97 Å². The van der Waals surface area contributed by atoms with Crippen molar-refractivity contribution in [3.63, 3.8) is 0 Å². The molecule has 0 aliphatic heterocycles. The maximum Gasteiger partial charge on any atom is 0.309 e. The summed E-state index contributed by atoms with van der Waals surface area (Å²) in [5.41, 5.74) is -0.260. The molecule has 0 saturated heterocycles. The number of fused-ring (bicyclic) bond motifs is 2. The van der Waals surface area contributed by atoms with Crippen LogP contribution < -0.4 is 0 Å². The summed E-state index contributed by atoms with van der Waals surface area (Å²) in [6.07, 6.45) is 7.39. The fraction of sp³-hybridized carbons (Fsp3) is 0.950. The molecule has 3 aliphatic carbocycles. The van der Waals surface area contributed by atoms with Crippen LogP contribution in [0.2, 0.25) is 0 Å². The van der Waals surface area contributed by atoms with Crippen LogP contribution in [0.15, 0.2) is 0 Å². The Balaban J connectivity index is 1.70. The third-order valence-corrected chi connectivity index (χ3v) is 7.83. The van der Waals surface area contributed by atoms with Crippen LogP contribution in [-0.4, -0.2) is 11.6 Å². The summed E-state index contributed by atoms with van der Waals surface area (Å²) >= 11 is 0. The van der Waals surface area contributed by atoms with Crippen molar-refractivity contribution in [2.45, 2.75) is 78.7 Å². The van der Waals surface area contributed by atoms with E-state index in [4.69, 9.17) is 4.74 Å². The SMILES string of the molecule is CC1C2CC(C(=O)OC(C)(C(C)C)C3CCCC3)C(C2)C1C. The average molecular weight is 306 g/mol. The molecule has 2 heteroatoms. The van der Waals surface area contributed by atoms with Crippen LogP contribution in [0.5, 0.6) is 0 Å². The van der Waals surface area contributed by atoms with Crippen molar-refractivity contribution < 1.29 is 9.53 Å². The van der Waals surface area contributed by atoms with Crippen LogP contribution in [0.25, 0.3) is 0 Å². The molecule has 0 aromatic heterocycles. The van der Waals surface area contributed by atoms with Gasteiger partial charge in [-0.15, -0.1) is 0 Å². The first kappa shape index (κ1) is 16.3. The molecule has 126 valence electrons. The molecule has 3 rings (SSSR count). The van der Waals surface area contributed by atoms with E-state index in [2.05, 4.69) is 34.6 Å². The van der Waals surface area contributed by atoms with Gasteiger partial charge in [0.05, 0.1) is 5.92 Å². The number of carbonyl (C=O) groups excluding carboxylic acids is 1. The Kier molecular flexibility index (Phi) is 4.33. The molecule has 3 saturated carbocycles. The summed E-state index contributed by atoms with van der Waals surface area (Å²) < 4.78 is 6.26. The van der Waals surface area contributed by atoms with E-state index in [9.17, 15) is 4.79 Å². The number of esters is 1. The summed E-state index contributed by atoms with van der Waals surface area (Å²) in [6, 6.07) is 0. The highest BCUT2D eigenvalue weighted by atomic mass is 16.6. The van der Waals surface area contributed by atoms with Gasteiger partial charge in [0.2, 0.25) is 0 Å². The number of carbonyl (C=O) groups is 1. The van der Waals surface area contributed by atoms with Gasteiger partial charge in [0.25, 0.3) is 0 Å². The molecular formula is C20H34O2. The molecule has 0 heterocycles. The second kappa shape index (κ2) is 5.83. The van der Waals surface area contributed by atoms with E-state index in [1.807, 2.05) is 0 Å². The summed E-state index contributed by atoms with van der Waals surface area (Å²) in [5, 5.41) is 0. The molecule has 0 aromatic rings. The fourth-order valence-electron chi connectivity index (χ4n) is 5.68. The fourth-order valence-corrected chi connectivity index (χ4v) is 5.68. The minimum absolute atomic E-state index is 0.120. The largest absolute Gasteiger partial charge is 0.459 e. The van der Waals surface area contributed by atoms with Crippen molar-refractivity contribution in [2.24, 2.45) is 41.4 Å². The van der Waals surface area contributed by atoms with E-state index in [1.54, 1.807) is 0 Å². The Hall–Kier alpha value is -0.530. The van der Waals surface area contributed by atoms with Crippen LogP contribution >= 0.6 is 0 Å². The highest BCUT2D eigenvalue weighted by molar-refractivity contribution is 5.74. The Morgan fingerprint density at radius 1 is 1.09 bits per heavy atom. The highest BCUT2D eigenvalue weighted by Crippen LogP contribution is 2.55. The minimum atomic E-state index is -0.260. The zero-order chi connectivity index (χ0) is 16.1. The van der Waals surface area contributed by atoms with E-state index < -0.39 is 0 Å². The molecule has 3 fully saturated rings. The van der Waals surface area contributed by atoms with Crippen LogP contribution in [-0.2, 0) is 9.53 Å². The lowest BCUT2D eigenvalue weighted by molar-refractivity contribution is -0.178. The second-order valence-corrected chi connectivity index (χ2v) is 8.96. The van der Waals surface area contributed by atoms with Crippen molar-refractivity contribution in [2.75, 3.05) is 0 Å². The topological polar surface area (TPSA) is 26.3 Å². The average Bonchev–Trinajstić information content (AvgIpc) is 3.18. The zero-order valence-electron chi connectivity index (χ0n) is 15.1. The van der Waals surface area contributed by atoms with E-state index in [0.717, 1.165) is 18.3 Å². The standard InChI is InChI=1S/C20H34O2/c1-12(2)20(5,16-8-6-7-9-16)22-19(21)18-11-15-10-17(18)14(4)13(15)3/h12-18H,6-11H2,1-5H3. The molecule has 2 nitrogen and oxygen atoms in total. The molecule has 0 aromatic carbocycles. The van der Waals surface area contributed by atoms with Crippen molar-refractivity contribution in [1.82, 2.24) is 0 Å². The first-order chi connectivity index (χ1) is 10.3. The van der Waals surface area contributed by atoms with Crippen molar-refractivity contribution in [1.29, 1.82) is 0 Å². The quantitative estimate of drug-likeness (QED) is 0.678. The monoisotopic (exact) mass is 306 g/mol. The third kappa shape index (κ3) is 2.51. The second-order valence-electron chi connectivity index (χ2n) is 8.96. The highest BCUT2D eigenvalue weighted by Gasteiger charge is 2.53. The first-order valence-electron chi connectivity index (χ1n) is 9.57. The molecule has 0 radical (unpaired) electrons. The van der Waals surface area contributed by atoms with Gasteiger partial charge < -0.3 is 4.74 Å². The van der Waals surface area contributed by atoms with Crippen molar-refractivity contribution in [3.05, 3.63) is 0 Å². The Labute approximate surface area is 136 Å². The number of hydrogen-bond donors (Lipinski definition) is 0. The molecule has 2 bridgehead atoms. The van der Waals surface area contributed by atoms with Gasteiger partial charge in [-0.1, -0.05) is 40.5 Å². The van der Waals surface area contributed by atoms with Gasteiger partial charge in [-0.3, -0.25) is 4.79 Å². The summed E-state index contributed by atoms with van der Waals surface area (Å²) in [6.45, 7) is 11.3. The molecule has 6 unspecified atom stereocenters. The molecule has 0 spiro atoms. The van der Waals surface area contributed by atoms with E-state index >= 15 is 0 Å². The molecular weight excluding hydrogens is 272 g/mol. The Morgan fingerprint density at radius 2 is 1.73 bits per heavy atom. The van der Waals surface area contributed by atoms with Gasteiger partial charge in [-0.2, -0.15) is 0 Å². The van der Waals surface area contributed by atoms with Crippen molar-refractivity contribution >= 4 is 5.97 Å². The van der Waals surface area contributed by atoms with Gasteiger partial charge in [0, 0.05) is 0 Å². The lowest BCUT2D eigenvalue weighted by Crippen LogP contribution is -2.46. The maximum absolute atomic E-state index is 12.9. The summed E-state index contributed by atoms with van der Waals surface area (Å²) in [5.74, 6) is 4.07. The smallest absolute Gasteiger partial charge is 0.309 e. The predicted molar refractivity (Wildman–Crippen MR) is 89.3 cm³/mol. The molecule has 6 atom stereocenters. The molecule has 22 heavy (non-hydrogen) atoms. The van der Waals surface area contributed by atoms with Gasteiger partial charge in [0.1, 0.15) is 5.60 Å². The van der Waals surface area contributed by atoms with Crippen LogP contribution in [0, 0.1) is 41.4 Å². The van der Waals surface area contributed by atoms with Gasteiger partial charge in [0.15, 0.2) is 0 Å². The maximum atomic E-state index is 12.9. The zero-order valence-corrected chi connectivity index (χ0v) is 15.1. The summed E-state index contributed by atoms with van der Waals surface area (Å²) in [4.78, 5) is 12.9. The van der Waals surface area contributed by atoms with Gasteiger partial charge in [-0.05, 0) is 68.1 Å². The van der Waals surface area contributed by atoms with Crippen LogP contribution in [0.4, 0.5) is 0 Å². The lowest BCUT2D eigenvalue weighted by atomic mass is 9.75. The number of ether oxygens (including phenoxy) is 1. The third-order valence-electron chi connectivity index (χ3n) is 7.83. The van der Waals surface area contributed by atoms with Crippen molar-refractivity contribution in [3.8, 4) is 0 Å². The van der Waals surface area contributed by atoms with E-state index in [1.165, 1.54) is 32.1 Å². The summed E-state index contributed by atoms with van der Waals surface area (Å²) in [7, 11) is 0. The van der Waals surface area contributed by atoms with E-state index in [0.29, 0.717) is 23.7 Å². The van der Waals surface area contributed by atoms with Crippen LogP contribution in [0.1, 0.15) is 73.1 Å². The lowest BCUT2D eigenvalue weighted by Gasteiger charge is -2.41. The minimum Gasteiger partial charge on any atom is -0.459 e. The molecule has 3 aliphatic rings. The van der Waals surface area contributed by atoms with E-state index in [-0.39, 0.29) is 17.5 Å². The Bertz CT molecular complexity index is 421. The first-order valence-corrected chi connectivity index (χ1v) is 9.57. The van der Waals surface area contributed by atoms with Crippen LogP contribution in [0.3, 0.4) is 0 Å². The predicted octanol–water partition coefficient (Wildman–Crippen LogP) is 5.06. The number of rotatable bonds is 4. The molecule has 0 N–H and O–H groups in total.